The first-order valence-corrected chi connectivity index (χ1v) is 6.27. The summed E-state index contributed by atoms with van der Waals surface area (Å²) in [5, 5.41) is 13.3. The maximum absolute atomic E-state index is 5.23. The highest BCUT2D eigenvalue weighted by Gasteiger charge is 2.05. The van der Waals surface area contributed by atoms with Crippen LogP contribution in [-0.4, -0.2) is 26.9 Å². The Morgan fingerprint density at radius 1 is 1.30 bits per heavy atom. The first kappa shape index (κ1) is 12.4. The Morgan fingerprint density at radius 2 is 2.20 bits per heavy atom. The SMILES string of the molecule is COc1ccc2c(NCc3nncn3C)nccc2c1. The van der Waals surface area contributed by atoms with Crippen LogP contribution >= 0.6 is 0 Å². The second-order valence-corrected chi connectivity index (χ2v) is 4.46. The summed E-state index contributed by atoms with van der Waals surface area (Å²) < 4.78 is 7.11. The molecule has 0 aliphatic rings. The van der Waals surface area contributed by atoms with Crippen molar-refractivity contribution in [2.24, 2.45) is 7.05 Å². The number of anilines is 1. The number of hydrogen-bond donors (Lipinski definition) is 1. The van der Waals surface area contributed by atoms with Crippen molar-refractivity contribution in [3.05, 3.63) is 42.6 Å². The maximum atomic E-state index is 5.23. The van der Waals surface area contributed by atoms with Gasteiger partial charge in [0.25, 0.3) is 0 Å². The van der Waals surface area contributed by atoms with Gasteiger partial charge in [-0.3, -0.25) is 0 Å². The van der Waals surface area contributed by atoms with E-state index in [0.29, 0.717) is 6.54 Å². The maximum Gasteiger partial charge on any atom is 0.151 e. The first-order chi connectivity index (χ1) is 9.78. The zero-order valence-corrected chi connectivity index (χ0v) is 11.4. The number of benzene rings is 1. The third kappa shape index (κ3) is 2.27. The topological polar surface area (TPSA) is 64.9 Å². The molecule has 0 spiro atoms. The van der Waals surface area contributed by atoms with Gasteiger partial charge in [-0.15, -0.1) is 10.2 Å². The molecule has 6 nitrogen and oxygen atoms in total. The van der Waals surface area contributed by atoms with Gasteiger partial charge in [0.05, 0.1) is 13.7 Å². The quantitative estimate of drug-likeness (QED) is 0.784. The lowest BCUT2D eigenvalue weighted by molar-refractivity contribution is 0.415. The standard InChI is InChI=1S/C14H15N5O/c1-19-9-17-18-13(19)8-16-14-12-4-3-11(20-2)7-10(12)5-6-15-14/h3-7,9H,8H2,1-2H3,(H,15,16). The molecule has 0 fully saturated rings. The third-order valence-electron chi connectivity index (χ3n) is 3.19. The van der Waals surface area contributed by atoms with Gasteiger partial charge < -0.3 is 14.6 Å². The van der Waals surface area contributed by atoms with Gasteiger partial charge in [-0.1, -0.05) is 0 Å². The summed E-state index contributed by atoms with van der Waals surface area (Å²) in [6.45, 7) is 0.578. The van der Waals surface area contributed by atoms with Crippen molar-refractivity contribution in [1.29, 1.82) is 0 Å². The van der Waals surface area contributed by atoms with Crippen LogP contribution in [0.1, 0.15) is 5.82 Å². The molecule has 2 aromatic heterocycles. The molecule has 102 valence electrons. The van der Waals surface area contributed by atoms with Crippen molar-refractivity contribution in [3.63, 3.8) is 0 Å². The van der Waals surface area contributed by atoms with E-state index in [4.69, 9.17) is 4.74 Å². The molecule has 0 aliphatic heterocycles. The highest BCUT2D eigenvalue weighted by atomic mass is 16.5. The van der Waals surface area contributed by atoms with Crippen LogP contribution in [0.25, 0.3) is 10.8 Å². The summed E-state index contributed by atoms with van der Waals surface area (Å²) in [6, 6.07) is 7.88. The number of fused-ring (bicyclic) bond motifs is 1. The van der Waals surface area contributed by atoms with Gasteiger partial charge in [-0.25, -0.2) is 4.98 Å². The van der Waals surface area contributed by atoms with Crippen LogP contribution < -0.4 is 10.1 Å². The molecule has 0 unspecified atom stereocenters. The summed E-state index contributed by atoms with van der Waals surface area (Å²) in [5.74, 6) is 2.52. The minimum absolute atomic E-state index is 0.578. The molecule has 2 heterocycles. The minimum atomic E-state index is 0.578. The van der Waals surface area contributed by atoms with Crippen molar-refractivity contribution in [2.45, 2.75) is 6.54 Å². The van der Waals surface area contributed by atoms with Crippen LogP contribution in [0.3, 0.4) is 0 Å². The number of pyridine rings is 1. The summed E-state index contributed by atoms with van der Waals surface area (Å²) in [5.41, 5.74) is 0. The average Bonchev–Trinajstić information content (AvgIpc) is 2.89. The van der Waals surface area contributed by atoms with Gasteiger partial charge in [0.15, 0.2) is 5.82 Å². The number of aryl methyl sites for hydroxylation is 1. The molecule has 3 rings (SSSR count). The van der Waals surface area contributed by atoms with Crippen LogP contribution in [0.2, 0.25) is 0 Å². The van der Waals surface area contributed by atoms with Gasteiger partial charge in [-0.2, -0.15) is 0 Å². The summed E-state index contributed by atoms with van der Waals surface area (Å²) >= 11 is 0. The van der Waals surface area contributed by atoms with Gasteiger partial charge in [-0.05, 0) is 29.7 Å². The van der Waals surface area contributed by atoms with E-state index in [1.165, 1.54) is 0 Å². The number of ether oxygens (including phenoxy) is 1. The van der Waals surface area contributed by atoms with E-state index in [1.807, 2.05) is 35.9 Å². The fourth-order valence-electron chi connectivity index (χ4n) is 2.05. The Hall–Kier alpha value is -2.63. The Morgan fingerprint density at radius 3 is 2.95 bits per heavy atom. The Labute approximate surface area is 116 Å². The van der Waals surface area contributed by atoms with E-state index in [9.17, 15) is 0 Å². The fourth-order valence-corrected chi connectivity index (χ4v) is 2.05. The van der Waals surface area contributed by atoms with E-state index in [1.54, 1.807) is 19.6 Å². The highest BCUT2D eigenvalue weighted by Crippen LogP contribution is 2.25. The summed E-state index contributed by atoms with van der Waals surface area (Å²) in [7, 11) is 3.58. The van der Waals surface area contributed by atoms with E-state index in [-0.39, 0.29) is 0 Å². The van der Waals surface area contributed by atoms with E-state index < -0.39 is 0 Å². The Bertz CT molecular complexity index is 737. The third-order valence-corrected chi connectivity index (χ3v) is 3.19. The number of nitrogens with one attached hydrogen (secondary N) is 1. The summed E-state index contributed by atoms with van der Waals surface area (Å²) in [6.07, 6.45) is 3.46. The van der Waals surface area contributed by atoms with Crippen molar-refractivity contribution >= 4 is 16.6 Å². The number of nitrogens with zero attached hydrogens (tertiary/aromatic N) is 4. The monoisotopic (exact) mass is 269 g/mol. The molecule has 0 aliphatic carbocycles. The van der Waals surface area contributed by atoms with Gasteiger partial charge >= 0.3 is 0 Å². The largest absolute Gasteiger partial charge is 0.497 e. The molecule has 0 saturated carbocycles. The smallest absolute Gasteiger partial charge is 0.151 e. The highest BCUT2D eigenvalue weighted by molar-refractivity contribution is 5.92. The number of hydrogen-bond acceptors (Lipinski definition) is 5. The molecule has 0 amide bonds. The first-order valence-electron chi connectivity index (χ1n) is 6.27. The number of aromatic nitrogens is 4. The predicted molar refractivity (Wildman–Crippen MR) is 76.6 cm³/mol. The van der Waals surface area contributed by atoms with Gasteiger partial charge in [0.2, 0.25) is 0 Å². The number of methoxy groups -OCH3 is 1. The van der Waals surface area contributed by atoms with Gasteiger partial charge in [0, 0.05) is 18.6 Å². The second kappa shape index (κ2) is 5.16. The Kier molecular flexibility index (Phi) is 3.20. The van der Waals surface area contributed by atoms with Crippen molar-refractivity contribution < 1.29 is 4.74 Å². The molecule has 0 bridgehead atoms. The molecule has 0 saturated heterocycles. The van der Waals surface area contributed by atoms with Crippen LogP contribution in [0.5, 0.6) is 5.75 Å². The average molecular weight is 269 g/mol. The normalized spacial score (nSPS) is 10.7. The molecule has 1 N–H and O–H groups in total. The minimum Gasteiger partial charge on any atom is -0.497 e. The molecule has 0 atom stereocenters. The molecule has 20 heavy (non-hydrogen) atoms. The second-order valence-electron chi connectivity index (χ2n) is 4.46. The van der Waals surface area contributed by atoms with E-state index in [0.717, 1.165) is 28.2 Å². The van der Waals surface area contributed by atoms with Crippen LogP contribution in [0.15, 0.2) is 36.8 Å². The van der Waals surface area contributed by atoms with E-state index in [2.05, 4.69) is 20.5 Å². The predicted octanol–water partition coefficient (Wildman–Crippen LogP) is 1.98. The van der Waals surface area contributed by atoms with Crippen LogP contribution in [0.4, 0.5) is 5.82 Å². The van der Waals surface area contributed by atoms with Crippen LogP contribution in [0, 0.1) is 0 Å². The van der Waals surface area contributed by atoms with Crippen molar-refractivity contribution in [3.8, 4) is 5.75 Å². The Balaban J connectivity index is 1.90. The molecule has 3 aromatic rings. The lowest BCUT2D eigenvalue weighted by atomic mass is 10.1. The molecule has 0 radical (unpaired) electrons. The molecular weight excluding hydrogens is 254 g/mol. The molecule has 6 heteroatoms. The summed E-state index contributed by atoms with van der Waals surface area (Å²) in [4.78, 5) is 4.38. The van der Waals surface area contributed by atoms with Crippen molar-refractivity contribution in [2.75, 3.05) is 12.4 Å². The lowest BCUT2D eigenvalue weighted by Crippen LogP contribution is -2.07. The fraction of sp³-hybridized carbons (Fsp3) is 0.214. The lowest BCUT2D eigenvalue weighted by Gasteiger charge is -2.09. The van der Waals surface area contributed by atoms with E-state index >= 15 is 0 Å². The van der Waals surface area contributed by atoms with Crippen molar-refractivity contribution in [1.82, 2.24) is 19.7 Å². The van der Waals surface area contributed by atoms with Crippen LogP contribution in [-0.2, 0) is 13.6 Å². The number of rotatable bonds is 4. The zero-order valence-electron chi connectivity index (χ0n) is 11.4. The molecular formula is C14H15N5O. The zero-order chi connectivity index (χ0) is 13.9. The molecule has 1 aromatic carbocycles. The van der Waals surface area contributed by atoms with Gasteiger partial charge in [0.1, 0.15) is 17.9 Å².